The van der Waals surface area contributed by atoms with Crippen molar-refractivity contribution in [1.82, 2.24) is 25.0 Å². The average molecular weight is 335 g/mol. The lowest BCUT2D eigenvalue weighted by atomic mass is 10.2. The molecule has 0 spiro atoms. The second kappa shape index (κ2) is 7.04. The standard InChI is InChI=1S/C16H19F2N5O/c1-11(24)19-9-16-21-20-15-4-5-22(6-7-23(15)16)10-12-2-3-13(17)8-14(12)18/h2-3,8H,4-7,9-10H2,1H3,(H,19,24). The van der Waals surface area contributed by atoms with E-state index >= 15 is 0 Å². The summed E-state index contributed by atoms with van der Waals surface area (Å²) in [5.74, 6) is 0.368. The fourth-order valence-electron chi connectivity index (χ4n) is 2.81. The zero-order valence-corrected chi connectivity index (χ0v) is 13.4. The van der Waals surface area contributed by atoms with E-state index < -0.39 is 11.6 Å². The second-order valence-corrected chi connectivity index (χ2v) is 5.86. The Morgan fingerprint density at radius 3 is 2.83 bits per heavy atom. The predicted octanol–water partition coefficient (Wildman–Crippen LogP) is 1.25. The number of hydrogen-bond donors (Lipinski definition) is 1. The van der Waals surface area contributed by atoms with Gasteiger partial charge < -0.3 is 9.88 Å². The lowest BCUT2D eigenvalue weighted by molar-refractivity contribution is -0.119. The molecule has 6 nitrogen and oxygen atoms in total. The van der Waals surface area contributed by atoms with Crippen LogP contribution < -0.4 is 5.32 Å². The van der Waals surface area contributed by atoms with E-state index in [2.05, 4.69) is 20.4 Å². The smallest absolute Gasteiger partial charge is 0.217 e. The minimum Gasteiger partial charge on any atom is -0.349 e. The van der Waals surface area contributed by atoms with Crippen molar-refractivity contribution >= 4 is 5.91 Å². The molecule has 0 fully saturated rings. The minimum absolute atomic E-state index is 0.116. The van der Waals surface area contributed by atoms with Crippen molar-refractivity contribution in [3.63, 3.8) is 0 Å². The first-order chi connectivity index (χ1) is 11.5. The van der Waals surface area contributed by atoms with E-state index in [9.17, 15) is 13.6 Å². The normalized spacial score (nSPS) is 15.0. The van der Waals surface area contributed by atoms with Crippen LogP contribution in [0.1, 0.15) is 24.1 Å². The van der Waals surface area contributed by atoms with Crippen LogP contribution in [-0.2, 0) is 30.8 Å². The van der Waals surface area contributed by atoms with Crippen molar-refractivity contribution in [1.29, 1.82) is 0 Å². The summed E-state index contributed by atoms with van der Waals surface area (Å²) in [6, 6.07) is 3.67. The van der Waals surface area contributed by atoms with Gasteiger partial charge in [0.2, 0.25) is 5.91 Å². The summed E-state index contributed by atoms with van der Waals surface area (Å²) >= 11 is 0. The molecule has 1 amide bonds. The number of halogens is 2. The van der Waals surface area contributed by atoms with Crippen LogP contribution in [0.15, 0.2) is 18.2 Å². The van der Waals surface area contributed by atoms with Crippen molar-refractivity contribution in [2.75, 3.05) is 13.1 Å². The first-order valence-corrected chi connectivity index (χ1v) is 7.84. The van der Waals surface area contributed by atoms with Gasteiger partial charge in [0.05, 0.1) is 6.54 Å². The van der Waals surface area contributed by atoms with Gasteiger partial charge in [-0.2, -0.15) is 0 Å². The number of carbonyl (C=O) groups excluding carboxylic acids is 1. The zero-order chi connectivity index (χ0) is 17.1. The summed E-state index contributed by atoms with van der Waals surface area (Å²) in [4.78, 5) is 13.2. The highest BCUT2D eigenvalue weighted by atomic mass is 19.1. The van der Waals surface area contributed by atoms with Crippen LogP contribution in [0.25, 0.3) is 0 Å². The molecule has 0 radical (unpaired) electrons. The number of nitrogens with zero attached hydrogens (tertiary/aromatic N) is 4. The van der Waals surface area contributed by atoms with E-state index in [4.69, 9.17) is 0 Å². The summed E-state index contributed by atoms with van der Waals surface area (Å²) in [6.45, 7) is 4.31. The Kier molecular flexibility index (Phi) is 4.84. The Balaban J connectivity index is 1.66. The molecule has 0 aliphatic carbocycles. The molecule has 2 heterocycles. The van der Waals surface area contributed by atoms with Crippen LogP contribution >= 0.6 is 0 Å². The molecule has 0 unspecified atom stereocenters. The Morgan fingerprint density at radius 1 is 1.25 bits per heavy atom. The van der Waals surface area contributed by atoms with E-state index in [0.29, 0.717) is 38.2 Å². The van der Waals surface area contributed by atoms with Gasteiger partial charge in [0.25, 0.3) is 0 Å². The summed E-state index contributed by atoms with van der Waals surface area (Å²) in [5, 5.41) is 11.0. The molecule has 1 aliphatic rings. The molecule has 3 rings (SSSR count). The lowest BCUT2D eigenvalue weighted by Gasteiger charge is -2.20. The van der Waals surface area contributed by atoms with Crippen LogP contribution in [0.2, 0.25) is 0 Å². The predicted molar refractivity (Wildman–Crippen MR) is 82.9 cm³/mol. The molecule has 1 aromatic carbocycles. The zero-order valence-electron chi connectivity index (χ0n) is 13.4. The van der Waals surface area contributed by atoms with Crippen LogP contribution in [-0.4, -0.2) is 38.7 Å². The molecule has 128 valence electrons. The molecule has 0 saturated carbocycles. The van der Waals surface area contributed by atoms with Crippen LogP contribution in [0.5, 0.6) is 0 Å². The molecule has 0 atom stereocenters. The monoisotopic (exact) mass is 335 g/mol. The molecular weight excluding hydrogens is 316 g/mol. The second-order valence-electron chi connectivity index (χ2n) is 5.86. The maximum atomic E-state index is 13.8. The summed E-state index contributed by atoms with van der Waals surface area (Å²) < 4.78 is 28.8. The molecule has 8 heteroatoms. The number of nitrogens with one attached hydrogen (secondary N) is 1. The minimum atomic E-state index is -0.569. The van der Waals surface area contributed by atoms with Crippen molar-refractivity contribution in [2.45, 2.75) is 33.0 Å². The Bertz CT molecular complexity index is 746. The van der Waals surface area contributed by atoms with Crippen molar-refractivity contribution in [3.8, 4) is 0 Å². The Hall–Kier alpha value is -2.35. The molecule has 0 bridgehead atoms. The van der Waals surface area contributed by atoms with Gasteiger partial charge in [-0.05, 0) is 6.07 Å². The quantitative estimate of drug-likeness (QED) is 0.913. The topological polar surface area (TPSA) is 63.1 Å². The van der Waals surface area contributed by atoms with Crippen LogP contribution in [0.4, 0.5) is 8.78 Å². The van der Waals surface area contributed by atoms with Gasteiger partial charge in [-0.3, -0.25) is 9.69 Å². The SMILES string of the molecule is CC(=O)NCc1nnc2n1CCN(Cc1ccc(F)cc1F)CC2. The Labute approximate surface area is 138 Å². The highest BCUT2D eigenvalue weighted by Crippen LogP contribution is 2.15. The number of fused-ring (bicyclic) bond motifs is 1. The van der Waals surface area contributed by atoms with Gasteiger partial charge in [0, 0.05) is 51.2 Å². The average Bonchev–Trinajstić information content (AvgIpc) is 2.81. The highest BCUT2D eigenvalue weighted by molar-refractivity contribution is 5.72. The van der Waals surface area contributed by atoms with Gasteiger partial charge in [0.15, 0.2) is 5.82 Å². The molecular formula is C16H19F2N5O. The van der Waals surface area contributed by atoms with E-state index in [1.165, 1.54) is 19.1 Å². The third kappa shape index (κ3) is 3.76. The lowest BCUT2D eigenvalue weighted by Crippen LogP contribution is -2.27. The fourth-order valence-corrected chi connectivity index (χ4v) is 2.81. The summed E-state index contributed by atoms with van der Waals surface area (Å²) in [7, 11) is 0. The number of carbonyl (C=O) groups is 1. The van der Waals surface area contributed by atoms with Gasteiger partial charge in [0.1, 0.15) is 17.5 Å². The maximum Gasteiger partial charge on any atom is 0.217 e. The molecule has 1 aliphatic heterocycles. The number of benzene rings is 1. The van der Waals surface area contributed by atoms with E-state index in [1.54, 1.807) is 0 Å². The highest BCUT2D eigenvalue weighted by Gasteiger charge is 2.19. The molecule has 2 aromatic rings. The number of rotatable bonds is 4. The molecule has 0 saturated heterocycles. The largest absolute Gasteiger partial charge is 0.349 e. The Morgan fingerprint density at radius 2 is 2.08 bits per heavy atom. The van der Waals surface area contributed by atoms with Crippen LogP contribution in [0.3, 0.4) is 0 Å². The van der Waals surface area contributed by atoms with Crippen molar-refractivity contribution in [2.24, 2.45) is 0 Å². The molecule has 1 N–H and O–H groups in total. The van der Waals surface area contributed by atoms with Crippen molar-refractivity contribution in [3.05, 3.63) is 47.0 Å². The number of hydrogen-bond acceptors (Lipinski definition) is 4. The molecule has 24 heavy (non-hydrogen) atoms. The van der Waals surface area contributed by atoms with Gasteiger partial charge in [-0.15, -0.1) is 10.2 Å². The molecule has 1 aromatic heterocycles. The van der Waals surface area contributed by atoms with Crippen molar-refractivity contribution < 1.29 is 13.6 Å². The van der Waals surface area contributed by atoms with Gasteiger partial charge in [-0.25, -0.2) is 8.78 Å². The van der Waals surface area contributed by atoms with E-state index in [-0.39, 0.29) is 5.91 Å². The van der Waals surface area contributed by atoms with Gasteiger partial charge >= 0.3 is 0 Å². The first-order valence-electron chi connectivity index (χ1n) is 7.84. The fraction of sp³-hybridized carbons (Fsp3) is 0.438. The van der Waals surface area contributed by atoms with Crippen LogP contribution in [0, 0.1) is 11.6 Å². The maximum absolute atomic E-state index is 13.8. The third-order valence-corrected chi connectivity index (χ3v) is 4.10. The summed E-state index contributed by atoms with van der Waals surface area (Å²) in [5.41, 5.74) is 0.479. The first kappa shape index (κ1) is 16.5. The number of amides is 1. The van der Waals surface area contributed by atoms with E-state index in [0.717, 1.165) is 24.3 Å². The number of aromatic nitrogens is 3. The third-order valence-electron chi connectivity index (χ3n) is 4.10. The van der Waals surface area contributed by atoms with E-state index in [1.807, 2.05) is 4.57 Å². The van der Waals surface area contributed by atoms with Gasteiger partial charge in [-0.1, -0.05) is 6.07 Å². The summed E-state index contributed by atoms with van der Waals surface area (Å²) in [6.07, 6.45) is 0.690.